The van der Waals surface area contributed by atoms with E-state index in [0.717, 1.165) is 0 Å². The van der Waals surface area contributed by atoms with Crippen LogP contribution in [0.15, 0.2) is 42.5 Å². The number of allylic oxidation sites excluding steroid dienone is 2. The molecule has 0 radical (unpaired) electrons. The zero-order chi connectivity index (χ0) is 17.5. The summed E-state index contributed by atoms with van der Waals surface area (Å²) in [7, 11) is 0. The molecule has 0 bridgehead atoms. The number of rotatable bonds is 8. The smallest absolute Gasteiger partial charge is 0.303 e. The molecule has 0 spiro atoms. The second-order valence-electron chi connectivity index (χ2n) is 5.72. The van der Waals surface area contributed by atoms with Crippen LogP contribution in [0.2, 0.25) is 0 Å². The Morgan fingerprint density at radius 1 is 1.30 bits per heavy atom. The molecule has 1 aromatic rings. The maximum Gasteiger partial charge on any atom is 0.303 e. The minimum absolute atomic E-state index is 0.136. The summed E-state index contributed by atoms with van der Waals surface area (Å²) in [5.74, 6) is -0.697. The standard InChI is InChI=1S/C17H21NO5/c1-13(19)23-16(17(2,3)18(21)22)12-8-7-11-15(20)14-9-5-4-6-10-14/h4-7,9-11,16H,8,12H2,1-3H3/b11-7+. The Morgan fingerprint density at radius 3 is 2.43 bits per heavy atom. The summed E-state index contributed by atoms with van der Waals surface area (Å²) in [6, 6.07) is 8.80. The number of hydrogen-bond donors (Lipinski definition) is 0. The van der Waals surface area contributed by atoms with Crippen molar-refractivity contribution >= 4 is 11.8 Å². The van der Waals surface area contributed by atoms with Gasteiger partial charge in [0.25, 0.3) is 5.54 Å². The van der Waals surface area contributed by atoms with E-state index < -0.39 is 22.5 Å². The monoisotopic (exact) mass is 319 g/mol. The van der Waals surface area contributed by atoms with Gasteiger partial charge in [0.05, 0.1) is 0 Å². The third-order valence-electron chi connectivity index (χ3n) is 3.49. The number of nitro groups is 1. The molecule has 0 amide bonds. The molecule has 6 nitrogen and oxygen atoms in total. The number of ether oxygens (including phenoxy) is 1. The molecular weight excluding hydrogens is 298 g/mol. The van der Waals surface area contributed by atoms with Crippen LogP contribution < -0.4 is 0 Å². The lowest BCUT2D eigenvalue weighted by Crippen LogP contribution is -2.46. The van der Waals surface area contributed by atoms with Gasteiger partial charge in [-0.15, -0.1) is 0 Å². The second kappa shape index (κ2) is 8.22. The molecule has 0 aliphatic carbocycles. The van der Waals surface area contributed by atoms with Gasteiger partial charge in [0.15, 0.2) is 11.9 Å². The molecule has 0 saturated heterocycles. The maximum atomic E-state index is 11.9. The van der Waals surface area contributed by atoms with Crippen molar-refractivity contribution in [1.82, 2.24) is 0 Å². The second-order valence-corrected chi connectivity index (χ2v) is 5.72. The number of ketones is 1. The molecule has 6 heteroatoms. The van der Waals surface area contributed by atoms with Gasteiger partial charge in [-0.05, 0) is 18.9 Å². The summed E-state index contributed by atoms with van der Waals surface area (Å²) >= 11 is 0. The van der Waals surface area contributed by atoms with Crippen molar-refractivity contribution in [3.63, 3.8) is 0 Å². The van der Waals surface area contributed by atoms with E-state index in [2.05, 4.69) is 0 Å². The number of esters is 1. The molecule has 0 aliphatic heterocycles. The van der Waals surface area contributed by atoms with Gasteiger partial charge < -0.3 is 4.74 Å². The molecule has 0 aliphatic rings. The highest BCUT2D eigenvalue weighted by atomic mass is 16.6. The summed E-state index contributed by atoms with van der Waals surface area (Å²) in [5, 5.41) is 11.1. The minimum atomic E-state index is -1.39. The Balaban J connectivity index is 2.65. The largest absolute Gasteiger partial charge is 0.455 e. The topological polar surface area (TPSA) is 86.5 Å². The average Bonchev–Trinajstić information content (AvgIpc) is 2.50. The third-order valence-corrected chi connectivity index (χ3v) is 3.49. The lowest BCUT2D eigenvalue weighted by Gasteiger charge is -2.25. The number of hydrogen-bond acceptors (Lipinski definition) is 5. The van der Waals surface area contributed by atoms with Crippen LogP contribution in [0.5, 0.6) is 0 Å². The van der Waals surface area contributed by atoms with Crippen molar-refractivity contribution in [1.29, 1.82) is 0 Å². The van der Waals surface area contributed by atoms with Crippen molar-refractivity contribution in [2.45, 2.75) is 45.3 Å². The first-order valence-corrected chi connectivity index (χ1v) is 7.32. The van der Waals surface area contributed by atoms with Gasteiger partial charge in [-0.3, -0.25) is 19.7 Å². The molecule has 1 unspecified atom stereocenters. The number of benzene rings is 1. The predicted molar refractivity (Wildman–Crippen MR) is 85.8 cm³/mol. The van der Waals surface area contributed by atoms with Crippen molar-refractivity contribution < 1.29 is 19.2 Å². The lowest BCUT2D eigenvalue weighted by molar-refractivity contribution is -0.573. The Labute approximate surface area is 135 Å². The fourth-order valence-corrected chi connectivity index (χ4v) is 2.01. The van der Waals surface area contributed by atoms with Gasteiger partial charge in [0.2, 0.25) is 0 Å². The summed E-state index contributed by atoms with van der Waals surface area (Å²) in [4.78, 5) is 33.7. The van der Waals surface area contributed by atoms with Gasteiger partial charge in [-0.2, -0.15) is 0 Å². The first kappa shape index (κ1) is 18.5. The van der Waals surface area contributed by atoms with Crippen LogP contribution in [0.3, 0.4) is 0 Å². The van der Waals surface area contributed by atoms with E-state index in [9.17, 15) is 19.7 Å². The minimum Gasteiger partial charge on any atom is -0.455 e. The Morgan fingerprint density at radius 2 is 1.91 bits per heavy atom. The lowest BCUT2D eigenvalue weighted by atomic mass is 9.94. The van der Waals surface area contributed by atoms with Crippen molar-refractivity contribution in [2.75, 3.05) is 0 Å². The molecule has 124 valence electrons. The molecule has 23 heavy (non-hydrogen) atoms. The van der Waals surface area contributed by atoms with Gasteiger partial charge in [0.1, 0.15) is 0 Å². The van der Waals surface area contributed by atoms with E-state index in [1.807, 2.05) is 6.07 Å². The Bertz CT molecular complexity index is 592. The average molecular weight is 319 g/mol. The summed E-state index contributed by atoms with van der Waals surface area (Å²) in [6.45, 7) is 4.05. The van der Waals surface area contributed by atoms with Gasteiger partial charge >= 0.3 is 5.97 Å². The van der Waals surface area contributed by atoms with Crippen molar-refractivity contribution in [3.05, 3.63) is 58.2 Å². The fourth-order valence-electron chi connectivity index (χ4n) is 2.01. The third kappa shape index (κ3) is 5.65. The number of carbonyl (C=O) groups is 2. The number of carbonyl (C=O) groups excluding carboxylic acids is 2. The molecule has 0 saturated carbocycles. The molecular formula is C17H21NO5. The highest BCUT2D eigenvalue weighted by molar-refractivity contribution is 6.04. The summed E-state index contributed by atoms with van der Waals surface area (Å²) in [6.07, 6.45) is 2.88. The zero-order valence-electron chi connectivity index (χ0n) is 13.5. The van der Waals surface area contributed by atoms with Gasteiger partial charge in [0, 0.05) is 31.3 Å². The van der Waals surface area contributed by atoms with Crippen LogP contribution in [-0.2, 0) is 9.53 Å². The van der Waals surface area contributed by atoms with E-state index in [1.54, 1.807) is 30.3 Å². The zero-order valence-corrected chi connectivity index (χ0v) is 13.5. The molecule has 0 heterocycles. The van der Waals surface area contributed by atoms with Crippen LogP contribution >= 0.6 is 0 Å². The first-order chi connectivity index (χ1) is 10.7. The van der Waals surface area contributed by atoms with Crippen molar-refractivity contribution in [2.24, 2.45) is 0 Å². The molecule has 1 atom stereocenters. The van der Waals surface area contributed by atoms with Gasteiger partial charge in [-0.25, -0.2) is 0 Å². The number of nitrogens with zero attached hydrogens (tertiary/aromatic N) is 1. The van der Waals surface area contributed by atoms with E-state index >= 15 is 0 Å². The van der Waals surface area contributed by atoms with Crippen LogP contribution in [0, 0.1) is 10.1 Å². The van der Waals surface area contributed by atoms with E-state index in [4.69, 9.17) is 4.74 Å². The Hall–Kier alpha value is -2.50. The molecule has 1 rings (SSSR count). The highest BCUT2D eigenvalue weighted by Crippen LogP contribution is 2.22. The van der Waals surface area contributed by atoms with E-state index in [0.29, 0.717) is 12.0 Å². The Kier molecular flexibility index (Phi) is 6.63. The molecule has 0 N–H and O–H groups in total. The van der Waals surface area contributed by atoms with Crippen molar-refractivity contribution in [3.8, 4) is 0 Å². The molecule has 1 aromatic carbocycles. The van der Waals surface area contributed by atoms with Crippen LogP contribution in [0.25, 0.3) is 0 Å². The SMILES string of the molecule is CC(=O)OC(CC/C=C/C(=O)c1ccccc1)C(C)(C)[N+](=O)[O-]. The van der Waals surface area contributed by atoms with Gasteiger partial charge in [-0.1, -0.05) is 36.4 Å². The van der Waals surface area contributed by atoms with E-state index in [1.165, 1.54) is 26.8 Å². The normalized spacial score (nSPS) is 12.8. The van der Waals surface area contributed by atoms with E-state index in [-0.39, 0.29) is 12.2 Å². The fraction of sp³-hybridized carbons (Fsp3) is 0.412. The quantitative estimate of drug-likeness (QED) is 0.241. The van der Waals surface area contributed by atoms with Crippen LogP contribution in [-0.4, -0.2) is 28.3 Å². The molecule has 0 fully saturated rings. The van der Waals surface area contributed by atoms with Crippen LogP contribution in [0.1, 0.15) is 44.0 Å². The molecule has 0 aromatic heterocycles. The summed E-state index contributed by atoms with van der Waals surface area (Å²) < 4.78 is 5.07. The predicted octanol–water partition coefficient (Wildman–Crippen LogP) is 3.19. The highest BCUT2D eigenvalue weighted by Gasteiger charge is 2.42. The maximum absolute atomic E-state index is 11.9. The first-order valence-electron chi connectivity index (χ1n) is 7.32. The van der Waals surface area contributed by atoms with Crippen LogP contribution in [0.4, 0.5) is 0 Å². The summed E-state index contributed by atoms with van der Waals surface area (Å²) in [5.41, 5.74) is -0.811.